The normalized spacial score (nSPS) is 20.1. The van der Waals surface area contributed by atoms with Gasteiger partial charge in [0.15, 0.2) is 0 Å². The van der Waals surface area contributed by atoms with Gasteiger partial charge in [-0.25, -0.2) is 13.2 Å². The highest BCUT2D eigenvalue weighted by atomic mass is 19.3. The molecule has 0 aromatic heterocycles. The standard InChI is InChI=1S/C14H18BF3O3/c1-13(2)14(3,4)21-15(20-13)8-6-9(16)11(12(17)18)10(7-8)19-5/h6-7,12H,1-5H3. The maximum absolute atomic E-state index is 13.9. The van der Waals surface area contributed by atoms with E-state index in [0.29, 0.717) is 5.46 Å². The molecule has 116 valence electrons. The summed E-state index contributed by atoms with van der Waals surface area (Å²) in [5.41, 5.74) is -1.63. The Bertz CT molecular complexity index is 531. The Morgan fingerprint density at radius 1 is 1.10 bits per heavy atom. The van der Waals surface area contributed by atoms with Crippen molar-refractivity contribution in [3.8, 4) is 5.75 Å². The summed E-state index contributed by atoms with van der Waals surface area (Å²) in [4.78, 5) is 0. The first-order chi connectivity index (χ1) is 9.59. The monoisotopic (exact) mass is 302 g/mol. The molecule has 1 aromatic rings. The molecule has 0 bridgehead atoms. The first-order valence-electron chi connectivity index (χ1n) is 6.60. The van der Waals surface area contributed by atoms with Gasteiger partial charge in [-0.05, 0) is 45.3 Å². The lowest BCUT2D eigenvalue weighted by Gasteiger charge is -2.32. The van der Waals surface area contributed by atoms with Gasteiger partial charge >= 0.3 is 7.12 Å². The lowest BCUT2D eigenvalue weighted by molar-refractivity contribution is 0.00578. The third kappa shape index (κ3) is 2.76. The van der Waals surface area contributed by atoms with Crippen molar-refractivity contribution < 1.29 is 27.2 Å². The fourth-order valence-corrected chi connectivity index (χ4v) is 2.11. The Kier molecular flexibility index (Phi) is 4.01. The third-order valence-electron chi connectivity index (χ3n) is 4.08. The van der Waals surface area contributed by atoms with E-state index in [2.05, 4.69) is 0 Å². The lowest BCUT2D eigenvalue weighted by atomic mass is 9.78. The van der Waals surface area contributed by atoms with Crippen molar-refractivity contribution in [1.82, 2.24) is 0 Å². The summed E-state index contributed by atoms with van der Waals surface area (Å²) in [7, 11) is 0.388. The van der Waals surface area contributed by atoms with Gasteiger partial charge in [0.1, 0.15) is 11.6 Å². The van der Waals surface area contributed by atoms with Crippen LogP contribution in [0.5, 0.6) is 5.75 Å². The predicted octanol–water partition coefficient (Wildman–Crippen LogP) is 3.07. The topological polar surface area (TPSA) is 27.7 Å². The molecule has 0 spiro atoms. The summed E-state index contributed by atoms with van der Waals surface area (Å²) in [6.45, 7) is 7.42. The van der Waals surface area contributed by atoms with Crippen LogP contribution in [0.1, 0.15) is 39.7 Å². The largest absolute Gasteiger partial charge is 0.496 e. The molecule has 3 nitrogen and oxygen atoms in total. The molecule has 0 radical (unpaired) electrons. The van der Waals surface area contributed by atoms with Gasteiger partial charge in [-0.2, -0.15) is 0 Å². The molecule has 0 N–H and O–H groups in total. The van der Waals surface area contributed by atoms with Crippen LogP contribution in [0, 0.1) is 5.82 Å². The van der Waals surface area contributed by atoms with Gasteiger partial charge in [0, 0.05) is 0 Å². The average Bonchev–Trinajstić information content (AvgIpc) is 2.56. The van der Waals surface area contributed by atoms with Gasteiger partial charge in [-0.3, -0.25) is 0 Å². The zero-order valence-corrected chi connectivity index (χ0v) is 12.7. The van der Waals surface area contributed by atoms with E-state index < -0.39 is 36.1 Å². The van der Waals surface area contributed by atoms with Crippen molar-refractivity contribution >= 4 is 12.6 Å². The zero-order chi connectivity index (χ0) is 16.0. The molecule has 1 aromatic carbocycles. The summed E-state index contributed by atoms with van der Waals surface area (Å²) in [6.07, 6.45) is -2.95. The predicted molar refractivity (Wildman–Crippen MR) is 73.6 cm³/mol. The summed E-state index contributed by atoms with van der Waals surface area (Å²) in [5.74, 6) is -1.25. The molecular weight excluding hydrogens is 284 g/mol. The second kappa shape index (κ2) is 5.21. The van der Waals surface area contributed by atoms with Gasteiger partial charge in [0.2, 0.25) is 0 Å². The molecule has 21 heavy (non-hydrogen) atoms. The van der Waals surface area contributed by atoms with Crippen molar-refractivity contribution in [2.24, 2.45) is 0 Å². The molecule has 0 saturated carbocycles. The molecule has 7 heteroatoms. The maximum Gasteiger partial charge on any atom is 0.495 e. The smallest absolute Gasteiger partial charge is 0.495 e. The average molecular weight is 302 g/mol. The summed E-state index contributed by atoms with van der Waals surface area (Å²) >= 11 is 0. The van der Waals surface area contributed by atoms with Gasteiger partial charge < -0.3 is 14.0 Å². The number of ether oxygens (including phenoxy) is 1. The van der Waals surface area contributed by atoms with Crippen LogP contribution in [0.15, 0.2) is 12.1 Å². The number of rotatable bonds is 3. The van der Waals surface area contributed by atoms with E-state index >= 15 is 0 Å². The summed E-state index contributed by atoms with van der Waals surface area (Å²) < 4.78 is 56.0. The molecule has 2 rings (SSSR count). The Hall–Kier alpha value is -1.21. The Labute approximate surface area is 122 Å². The third-order valence-corrected chi connectivity index (χ3v) is 4.08. The van der Waals surface area contributed by atoms with Crippen LogP contribution >= 0.6 is 0 Å². The molecular formula is C14H18BF3O3. The number of benzene rings is 1. The number of hydrogen-bond acceptors (Lipinski definition) is 3. The fraction of sp³-hybridized carbons (Fsp3) is 0.571. The van der Waals surface area contributed by atoms with Gasteiger partial charge in [0.05, 0.1) is 23.9 Å². The van der Waals surface area contributed by atoms with Crippen LogP contribution in [0.4, 0.5) is 13.2 Å². The summed E-state index contributed by atoms with van der Waals surface area (Å²) in [6, 6.07) is 2.33. The van der Waals surface area contributed by atoms with E-state index in [-0.39, 0.29) is 5.75 Å². The Morgan fingerprint density at radius 3 is 2.05 bits per heavy atom. The van der Waals surface area contributed by atoms with E-state index in [1.54, 1.807) is 0 Å². The quantitative estimate of drug-likeness (QED) is 0.803. The van der Waals surface area contributed by atoms with E-state index in [9.17, 15) is 13.2 Å². The summed E-state index contributed by atoms with van der Waals surface area (Å²) in [5, 5.41) is 0. The Morgan fingerprint density at radius 2 is 1.62 bits per heavy atom. The molecule has 1 heterocycles. The maximum atomic E-state index is 13.9. The lowest BCUT2D eigenvalue weighted by Crippen LogP contribution is -2.41. The minimum absolute atomic E-state index is 0.213. The van der Waals surface area contributed by atoms with Crippen LogP contribution in [-0.2, 0) is 9.31 Å². The molecule has 0 amide bonds. The number of methoxy groups -OCH3 is 1. The molecule has 0 atom stereocenters. The van der Waals surface area contributed by atoms with Crippen LogP contribution in [0.25, 0.3) is 0 Å². The first kappa shape index (κ1) is 16.2. The SMILES string of the molecule is COc1cc(B2OC(C)(C)C(C)(C)O2)cc(F)c1C(F)F. The van der Waals surface area contributed by atoms with Gasteiger partial charge in [-0.1, -0.05) is 0 Å². The van der Waals surface area contributed by atoms with Crippen molar-refractivity contribution in [1.29, 1.82) is 0 Å². The molecule has 1 aliphatic heterocycles. The number of halogens is 3. The second-order valence-electron chi connectivity index (χ2n) is 6.01. The van der Waals surface area contributed by atoms with Gasteiger partial charge in [-0.15, -0.1) is 0 Å². The van der Waals surface area contributed by atoms with Crippen LogP contribution in [0.2, 0.25) is 0 Å². The van der Waals surface area contributed by atoms with Crippen LogP contribution in [0.3, 0.4) is 0 Å². The number of alkyl halides is 2. The van der Waals surface area contributed by atoms with E-state index in [1.165, 1.54) is 13.2 Å². The van der Waals surface area contributed by atoms with Gasteiger partial charge in [0.25, 0.3) is 6.43 Å². The molecule has 1 aliphatic rings. The second-order valence-corrected chi connectivity index (χ2v) is 6.01. The van der Waals surface area contributed by atoms with E-state index in [4.69, 9.17) is 14.0 Å². The highest BCUT2D eigenvalue weighted by Gasteiger charge is 2.52. The minimum atomic E-state index is -2.95. The molecule has 1 saturated heterocycles. The molecule has 0 aliphatic carbocycles. The van der Waals surface area contributed by atoms with E-state index in [0.717, 1.165) is 6.07 Å². The Balaban J connectivity index is 2.41. The van der Waals surface area contributed by atoms with Crippen LogP contribution in [-0.4, -0.2) is 25.4 Å². The minimum Gasteiger partial charge on any atom is -0.496 e. The van der Waals surface area contributed by atoms with Crippen LogP contribution < -0.4 is 10.2 Å². The zero-order valence-electron chi connectivity index (χ0n) is 12.7. The molecule has 0 unspecified atom stereocenters. The van der Waals surface area contributed by atoms with Crippen molar-refractivity contribution in [2.45, 2.75) is 45.3 Å². The molecule has 1 fully saturated rings. The fourth-order valence-electron chi connectivity index (χ4n) is 2.11. The highest BCUT2D eigenvalue weighted by Crippen LogP contribution is 2.37. The van der Waals surface area contributed by atoms with E-state index in [1.807, 2.05) is 27.7 Å². The highest BCUT2D eigenvalue weighted by molar-refractivity contribution is 6.62. The number of hydrogen-bond donors (Lipinski definition) is 0. The van der Waals surface area contributed by atoms with Crippen molar-refractivity contribution in [3.63, 3.8) is 0 Å². The van der Waals surface area contributed by atoms with Crippen molar-refractivity contribution in [3.05, 3.63) is 23.5 Å². The van der Waals surface area contributed by atoms with Crippen molar-refractivity contribution in [2.75, 3.05) is 7.11 Å². The first-order valence-corrected chi connectivity index (χ1v) is 6.60.